The van der Waals surface area contributed by atoms with Gasteiger partial charge in [0.1, 0.15) is 5.82 Å². The van der Waals surface area contributed by atoms with Crippen molar-refractivity contribution in [2.24, 2.45) is 5.92 Å². The lowest BCUT2D eigenvalue weighted by molar-refractivity contribution is 0.0523. The predicted molar refractivity (Wildman–Crippen MR) is 68.5 cm³/mol. The molecule has 0 spiro atoms. The molecule has 0 radical (unpaired) electrons. The van der Waals surface area contributed by atoms with Crippen LogP contribution in [0.2, 0.25) is 0 Å². The summed E-state index contributed by atoms with van der Waals surface area (Å²) < 4.78 is 5.03. The van der Waals surface area contributed by atoms with Crippen LogP contribution in [0.4, 0.5) is 0 Å². The molecule has 1 saturated carbocycles. The largest absolute Gasteiger partial charge is 0.462 e. The molecule has 1 aliphatic rings. The van der Waals surface area contributed by atoms with Crippen molar-refractivity contribution in [1.29, 1.82) is 0 Å². The number of ether oxygens (including phenoxy) is 1. The van der Waals surface area contributed by atoms with E-state index < -0.39 is 0 Å². The Morgan fingerprint density at radius 2 is 2.22 bits per heavy atom. The first-order chi connectivity index (χ1) is 8.61. The maximum absolute atomic E-state index is 11.8. The standard InChI is InChI=1S/C14H20N2O2/c1-4-18-14(17)11-8-15-12(7-10-5-6-10)16-13(11)9(2)3/h8-10H,4-7H2,1-3H3. The normalized spacial score (nSPS) is 14.9. The van der Waals surface area contributed by atoms with Crippen LogP contribution in [-0.4, -0.2) is 22.5 Å². The maximum atomic E-state index is 11.8. The Hall–Kier alpha value is -1.45. The van der Waals surface area contributed by atoms with Gasteiger partial charge in [-0.05, 0) is 31.6 Å². The first-order valence-corrected chi connectivity index (χ1v) is 6.64. The monoisotopic (exact) mass is 248 g/mol. The number of carbonyl (C=O) groups is 1. The van der Waals surface area contributed by atoms with Gasteiger partial charge in [-0.3, -0.25) is 0 Å². The van der Waals surface area contributed by atoms with E-state index in [2.05, 4.69) is 9.97 Å². The number of aromatic nitrogens is 2. The van der Waals surface area contributed by atoms with E-state index >= 15 is 0 Å². The van der Waals surface area contributed by atoms with E-state index in [1.54, 1.807) is 13.1 Å². The highest BCUT2D eigenvalue weighted by molar-refractivity contribution is 5.90. The highest BCUT2D eigenvalue weighted by Gasteiger charge is 2.24. The van der Waals surface area contributed by atoms with Crippen LogP contribution in [0, 0.1) is 5.92 Å². The lowest BCUT2D eigenvalue weighted by atomic mass is 10.0. The lowest BCUT2D eigenvalue weighted by Gasteiger charge is -2.11. The van der Waals surface area contributed by atoms with E-state index in [4.69, 9.17) is 4.74 Å². The van der Waals surface area contributed by atoms with E-state index in [1.807, 2.05) is 13.8 Å². The fourth-order valence-corrected chi connectivity index (χ4v) is 1.92. The molecule has 0 amide bonds. The molecule has 1 heterocycles. The number of carbonyl (C=O) groups excluding carboxylic acids is 1. The third kappa shape index (κ3) is 3.06. The molecule has 2 rings (SSSR count). The minimum Gasteiger partial charge on any atom is -0.462 e. The Bertz CT molecular complexity index is 439. The second-order valence-electron chi connectivity index (χ2n) is 5.11. The van der Waals surface area contributed by atoms with Crippen LogP contribution < -0.4 is 0 Å². The van der Waals surface area contributed by atoms with Crippen LogP contribution in [0.25, 0.3) is 0 Å². The fraction of sp³-hybridized carbons (Fsp3) is 0.643. The zero-order valence-corrected chi connectivity index (χ0v) is 11.3. The average Bonchev–Trinajstić information content (AvgIpc) is 3.13. The molecule has 1 aromatic rings. The Morgan fingerprint density at radius 3 is 2.78 bits per heavy atom. The summed E-state index contributed by atoms with van der Waals surface area (Å²) in [7, 11) is 0. The van der Waals surface area contributed by atoms with Crippen molar-refractivity contribution >= 4 is 5.97 Å². The minimum absolute atomic E-state index is 0.199. The van der Waals surface area contributed by atoms with Gasteiger partial charge in [-0.15, -0.1) is 0 Å². The van der Waals surface area contributed by atoms with Gasteiger partial charge in [-0.1, -0.05) is 13.8 Å². The molecule has 1 aromatic heterocycles. The summed E-state index contributed by atoms with van der Waals surface area (Å²) in [5.41, 5.74) is 1.31. The number of rotatable bonds is 5. The number of hydrogen-bond acceptors (Lipinski definition) is 4. The molecule has 98 valence electrons. The highest BCUT2D eigenvalue weighted by atomic mass is 16.5. The highest BCUT2D eigenvalue weighted by Crippen LogP contribution is 2.32. The molecule has 18 heavy (non-hydrogen) atoms. The lowest BCUT2D eigenvalue weighted by Crippen LogP contribution is -2.13. The molecule has 1 fully saturated rings. The van der Waals surface area contributed by atoms with Crippen LogP contribution in [0.15, 0.2) is 6.20 Å². The van der Waals surface area contributed by atoms with Crippen molar-refractivity contribution in [3.8, 4) is 0 Å². The summed E-state index contributed by atoms with van der Waals surface area (Å²) in [6.45, 7) is 6.24. The van der Waals surface area contributed by atoms with Crippen molar-refractivity contribution in [3.63, 3.8) is 0 Å². The average molecular weight is 248 g/mol. The van der Waals surface area contributed by atoms with E-state index in [0.717, 1.165) is 23.9 Å². The number of hydrogen-bond donors (Lipinski definition) is 0. The zero-order chi connectivity index (χ0) is 13.1. The fourth-order valence-electron chi connectivity index (χ4n) is 1.92. The molecule has 0 aliphatic heterocycles. The second kappa shape index (κ2) is 5.46. The van der Waals surface area contributed by atoms with Gasteiger partial charge >= 0.3 is 5.97 Å². The van der Waals surface area contributed by atoms with Crippen LogP contribution >= 0.6 is 0 Å². The first-order valence-electron chi connectivity index (χ1n) is 6.64. The zero-order valence-electron chi connectivity index (χ0n) is 11.3. The van der Waals surface area contributed by atoms with Gasteiger partial charge in [-0.2, -0.15) is 0 Å². The molecule has 4 nitrogen and oxygen atoms in total. The van der Waals surface area contributed by atoms with Gasteiger partial charge < -0.3 is 4.74 Å². The molecular formula is C14H20N2O2. The Balaban J connectivity index is 2.24. The van der Waals surface area contributed by atoms with E-state index in [-0.39, 0.29) is 11.9 Å². The van der Waals surface area contributed by atoms with Gasteiger partial charge in [0, 0.05) is 12.6 Å². The SMILES string of the molecule is CCOC(=O)c1cnc(CC2CC2)nc1C(C)C. The molecule has 0 unspecified atom stereocenters. The quantitative estimate of drug-likeness (QED) is 0.752. The molecule has 0 aromatic carbocycles. The van der Waals surface area contributed by atoms with E-state index in [1.165, 1.54) is 12.8 Å². The smallest absolute Gasteiger partial charge is 0.341 e. The summed E-state index contributed by atoms with van der Waals surface area (Å²) in [4.78, 5) is 20.7. The molecule has 0 atom stereocenters. The van der Waals surface area contributed by atoms with Crippen molar-refractivity contribution < 1.29 is 9.53 Å². The number of nitrogens with zero attached hydrogens (tertiary/aromatic N) is 2. The number of esters is 1. The molecule has 1 aliphatic carbocycles. The minimum atomic E-state index is -0.320. The van der Waals surface area contributed by atoms with E-state index in [0.29, 0.717) is 12.2 Å². The molecule has 0 bridgehead atoms. The Morgan fingerprint density at radius 1 is 1.50 bits per heavy atom. The van der Waals surface area contributed by atoms with Gasteiger partial charge in [-0.25, -0.2) is 14.8 Å². The van der Waals surface area contributed by atoms with Crippen molar-refractivity contribution in [3.05, 3.63) is 23.3 Å². The summed E-state index contributed by atoms with van der Waals surface area (Å²) in [5, 5.41) is 0. The van der Waals surface area contributed by atoms with Crippen LogP contribution in [0.5, 0.6) is 0 Å². The van der Waals surface area contributed by atoms with Crippen LogP contribution in [0.3, 0.4) is 0 Å². The molecule has 0 N–H and O–H groups in total. The van der Waals surface area contributed by atoms with Gasteiger partial charge in [0.05, 0.1) is 17.9 Å². The Kier molecular flexibility index (Phi) is 3.94. The molecule has 4 heteroatoms. The second-order valence-corrected chi connectivity index (χ2v) is 5.11. The first kappa shape index (κ1) is 13.0. The van der Waals surface area contributed by atoms with Crippen LogP contribution in [-0.2, 0) is 11.2 Å². The van der Waals surface area contributed by atoms with Gasteiger partial charge in [0.2, 0.25) is 0 Å². The van der Waals surface area contributed by atoms with E-state index in [9.17, 15) is 4.79 Å². The summed E-state index contributed by atoms with van der Waals surface area (Å²) in [5.74, 6) is 1.48. The third-order valence-electron chi connectivity index (χ3n) is 3.08. The maximum Gasteiger partial charge on any atom is 0.341 e. The summed E-state index contributed by atoms with van der Waals surface area (Å²) in [6.07, 6.45) is 5.11. The summed E-state index contributed by atoms with van der Waals surface area (Å²) >= 11 is 0. The predicted octanol–water partition coefficient (Wildman–Crippen LogP) is 2.73. The summed E-state index contributed by atoms with van der Waals surface area (Å²) in [6, 6.07) is 0. The Labute approximate surface area is 108 Å². The molecular weight excluding hydrogens is 228 g/mol. The van der Waals surface area contributed by atoms with Crippen LogP contribution in [0.1, 0.15) is 61.4 Å². The topological polar surface area (TPSA) is 52.1 Å². The van der Waals surface area contributed by atoms with Crippen molar-refractivity contribution in [2.75, 3.05) is 6.61 Å². The third-order valence-corrected chi connectivity index (χ3v) is 3.08. The van der Waals surface area contributed by atoms with Crippen molar-refractivity contribution in [2.45, 2.75) is 46.0 Å². The van der Waals surface area contributed by atoms with Gasteiger partial charge in [0.25, 0.3) is 0 Å². The molecule has 0 saturated heterocycles. The van der Waals surface area contributed by atoms with Gasteiger partial charge in [0.15, 0.2) is 0 Å². The van der Waals surface area contributed by atoms with Crippen molar-refractivity contribution in [1.82, 2.24) is 9.97 Å².